The summed E-state index contributed by atoms with van der Waals surface area (Å²) >= 11 is 1.37. The number of ether oxygens (including phenoxy) is 1. The molecule has 0 amide bonds. The third-order valence-corrected chi connectivity index (χ3v) is 4.64. The van der Waals surface area contributed by atoms with E-state index in [9.17, 15) is 4.79 Å². The molecular formula is C16H23N3O2S. The standard InChI is InChI=1S/C16H23N3O2S/c1-6-10(4)19-14-12-11(5)13(16(20)21-7-9(2)3)22-15(12)18-8-17-14/h8-10H,6-7H2,1-5H3,(H,17,18,19). The zero-order valence-corrected chi connectivity index (χ0v) is 14.6. The third kappa shape index (κ3) is 3.55. The summed E-state index contributed by atoms with van der Waals surface area (Å²) < 4.78 is 5.34. The van der Waals surface area contributed by atoms with Crippen LogP contribution in [-0.2, 0) is 4.74 Å². The Bertz CT molecular complexity index is 667. The largest absolute Gasteiger partial charge is 0.461 e. The molecule has 1 atom stereocenters. The van der Waals surface area contributed by atoms with Gasteiger partial charge in [-0.2, -0.15) is 0 Å². The number of thiophene rings is 1. The molecule has 1 unspecified atom stereocenters. The Kier molecular flexibility index (Phi) is 5.34. The molecule has 5 nitrogen and oxygen atoms in total. The zero-order valence-electron chi connectivity index (χ0n) is 13.8. The van der Waals surface area contributed by atoms with Gasteiger partial charge in [-0.15, -0.1) is 11.3 Å². The molecule has 0 aliphatic heterocycles. The van der Waals surface area contributed by atoms with Gasteiger partial charge in [-0.25, -0.2) is 14.8 Å². The van der Waals surface area contributed by atoms with Crippen LogP contribution < -0.4 is 5.32 Å². The molecule has 1 N–H and O–H groups in total. The van der Waals surface area contributed by atoms with E-state index in [2.05, 4.69) is 29.1 Å². The normalized spacial score (nSPS) is 12.6. The maximum absolute atomic E-state index is 12.2. The molecule has 2 aromatic rings. The van der Waals surface area contributed by atoms with Crippen LogP contribution in [-0.4, -0.2) is 28.6 Å². The molecule has 120 valence electrons. The van der Waals surface area contributed by atoms with Crippen LogP contribution in [0, 0.1) is 12.8 Å². The van der Waals surface area contributed by atoms with Crippen molar-refractivity contribution in [1.82, 2.24) is 9.97 Å². The van der Waals surface area contributed by atoms with Crippen molar-refractivity contribution in [3.63, 3.8) is 0 Å². The van der Waals surface area contributed by atoms with Gasteiger partial charge in [0, 0.05) is 6.04 Å². The van der Waals surface area contributed by atoms with Gasteiger partial charge in [0.1, 0.15) is 21.9 Å². The van der Waals surface area contributed by atoms with Gasteiger partial charge in [-0.05, 0) is 31.7 Å². The van der Waals surface area contributed by atoms with E-state index in [0.717, 1.165) is 28.0 Å². The van der Waals surface area contributed by atoms with Crippen LogP contribution in [0.15, 0.2) is 6.33 Å². The summed E-state index contributed by atoms with van der Waals surface area (Å²) in [5.74, 6) is 0.834. The Hall–Kier alpha value is -1.69. The minimum absolute atomic E-state index is 0.274. The summed E-state index contributed by atoms with van der Waals surface area (Å²) in [6.45, 7) is 10.6. The maximum atomic E-state index is 12.2. The number of carbonyl (C=O) groups is 1. The topological polar surface area (TPSA) is 64.1 Å². The van der Waals surface area contributed by atoms with Crippen molar-refractivity contribution in [2.24, 2.45) is 5.92 Å². The number of nitrogens with one attached hydrogen (secondary N) is 1. The highest BCUT2D eigenvalue weighted by molar-refractivity contribution is 7.20. The van der Waals surface area contributed by atoms with Crippen molar-refractivity contribution < 1.29 is 9.53 Å². The second kappa shape index (κ2) is 7.05. The Morgan fingerprint density at radius 2 is 2.09 bits per heavy atom. The smallest absolute Gasteiger partial charge is 0.348 e. The predicted octanol–water partition coefficient (Wildman–Crippen LogP) is 4.02. The van der Waals surface area contributed by atoms with Crippen molar-refractivity contribution >= 4 is 33.3 Å². The molecule has 0 aliphatic rings. The Labute approximate surface area is 135 Å². The van der Waals surface area contributed by atoms with Gasteiger partial charge in [0.15, 0.2) is 0 Å². The molecule has 0 spiro atoms. The molecule has 2 heterocycles. The number of carbonyl (C=O) groups excluding carboxylic acids is 1. The molecule has 6 heteroatoms. The van der Waals surface area contributed by atoms with E-state index in [0.29, 0.717) is 23.4 Å². The van der Waals surface area contributed by atoms with Crippen molar-refractivity contribution in [3.8, 4) is 0 Å². The van der Waals surface area contributed by atoms with Crippen LogP contribution in [0.2, 0.25) is 0 Å². The lowest BCUT2D eigenvalue weighted by Gasteiger charge is -2.12. The SMILES string of the molecule is CCC(C)Nc1ncnc2sc(C(=O)OCC(C)C)c(C)c12. The summed E-state index contributed by atoms with van der Waals surface area (Å²) in [4.78, 5) is 22.3. The van der Waals surface area contributed by atoms with Crippen molar-refractivity contribution in [2.45, 2.75) is 47.1 Å². The number of aryl methyl sites for hydroxylation is 1. The van der Waals surface area contributed by atoms with E-state index < -0.39 is 0 Å². The summed E-state index contributed by atoms with van der Waals surface area (Å²) in [6, 6.07) is 0.314. The number of anilines is 1. The first-order chi connectivity index (χ1) is 10.4. The van der Waals surface area contributed by atoms with E-state index >= 15 is 0 Å². The number of hydrogen-bond donors (Lipinski definition) is 1. The summed E-state index contributed by atoms with van der Waals surface area (Å²) in [7, 11) is 0. The molecule has 2 rings (SSSR count). The molecule has 2 aromatic heterocycles. The summed E-state index contributed by atoms with van der Waals surface area (Å²) in [6.07, 6.45) is 2.53. The summed E-state index contributed by atoms with van der Waals surface area (Å²) in [5, 5.41) is 4.30. The number of aromatic nitrogens is 2. The van der Waals surface area contributed by atoms with Crippen LogP contribution in [0.4, 0.5) is 5.82 Å². The van der Waals surface area contributed by atoms with Crippen LogP contribution in [0.5, 0.6) is 0 Å². The van der Waals surface area contributed by atoms with Gasteiger partial charge < -0.3 is 10.1 Å². The van der Waals surface area contributed by atoms with E-state index in [1.807, 2.05) is 20.8 Å². The van der Waals surface area contributed by atoms with E-state index in [4.69, 9.17) is 4.74 Å². The van der Waals surface area contributed by atoms with Crippen LogP contribution >= 0.6 is 11.3 Å². The summed E-state index contributed by atoms with van der Waals surface area (Å²) in [5.41, 5.74) is 0.889. The molecule has 22 heavy (non-hydrogen) atoms. The first kappa shape index (κ1) is 16.7. The second-order valence-electron chi connectivity index (χ2n) is 5.90. The highest BCUT2D eigenvalue weighted by Gasteiger charge is 2.21. The van der Waals surface area contributed by atoms with E-state index in [1.54, 1.807) is 0 Å². The predicted molar refractivity (Wildman–Crippen MR) is 90.6 cm³/mol. The van der Waals surface area contributed by atoms with Gasteiger partial charge in [0.25, 0.3) is 0 Å². The Morgan fingerprint density at radius 3 is 2.73 bits per heavy atom. The number of fused-ring (bicyclic) bond motifs is 1. The molecule has 0 aliphatic carbocycles. The highest BCUT2D eigenvalue weighted by atomic mass is 32.1. The number of nitrogens with zero attached hydrogens (tertiary/aromatic N) is 2. The fourth-order valence-corrected chi connectivity index (χ4v) is 3.06. The molecule has 0 aromatic carbocycles. The van der Waals surface area contributed by atoms with Gasteiger partial charge in [0.2, 0.25) is 0 Å². The monoisotopic (exact) mass is 321 g/mol. The maximum Gasteiger partial charge on any atom is 0.348 e. The van der Waals surface area contributed by atoms with Gasteiger partial charge in [-0.1, -0.05) is 20.8 Å². The first-order valence-corrected chi connectivity index (χ1v) is 8.43. The van der Waals surface area contributed by atoms with Crippen LogP contribution in [0.1, 0.15) is 49.4 Å². The minimum atomic E-state index is -0.274. The number of hydrogen-bond acceptors (Lipinski definition) is 6. The first-order valence-electron chi connectivity index (χ1n) is 7.61. The lowest BCUT2D eigenvalue weighted by molar-refractivity contribution is 0.0464. The Balaban J connectivity index is 2.36. The molecule has 0 fully saturated rings. The minimum Gasteiger partial charge on any atom is -0.461 e. The van der Waals surface area contributed by atoms with E-state index in [-0.39, 0.29) is 5.97 Å². The van der Waals surface area contributed by atoms with Gasteiger partial charge >= 0.3 is 5.97 Å². The van der Waals surface area contributed by atoms with E-state index in [1.165, 1.54) is 17.7 Å². The van der Waals surface area contributed by atoms with Crippen LogP contribution in [0.3, 0.4) is 0 Å². The molecule has 0 radical (unpaired) electrons. The fourth-order valence-electron chi connectivity index (χ4n) is 2.02. The number of esters is 1. The van der Waals surface area contributed by atoms with Crippen LogP contribution in [0.25, 0.3) is 10.2 Å². The lowest BCUT2D eigenvalue weighted by atomic mass is 10.2. The van der Waals surface area contributed by atoms with Gasteiger partial charge in [0.05, 0.1) is 12.0 Å². The highest BCUT2D eigenvalue weighted by Crippen LogP contribution is 2.34. The Morgan fingerprint density at radius 1 is 1.36 bits per heavy atom. The fraction of sp³-hybridized carbons (Fsp3) is 0.562. The van der Waals surface area contributed by atoms with Crippen molar-refractivity contribution in [1.29, 1.82) is 0 Å². The second-order valence-corrected chi connectivity index (χ2v) is 6.90. The lowest BCUT2D eigenvalue weighted by Crippen LogP contribution is -2.15. The average molecular weight is 321 g/mol. The van der Waals surface area contributed by atoms with Crippen molar-refractivity contribution in [2.75, 3.05) is 11.9 Å². The molecule has 0 bridgehead atoms. The molecule has 0 saturated heterocycles. The average Bonchev–Trinajstić information content (AvgIpc) is 2.83. The quantitative estimate of drug-likeness (QED) is 0.814. The van der Waals surface area contributed by atoms with Crippen molar-refractivity contribution in [3.05, 3.63) is 16.8 Å². The zero-order chi connectivity index (χ0) is 16.3. The molecule has 0 saturated carbocycles. The van der Waals surface area contributed by atoms with Gasteiger partial charge in [-0.3, -0.25) is 0 Å². The molecular weight excluding hydrogens is 298 g/mol. The third-order valence-electron chi connectivity index (χ3n) is 3.46. The number of rotatable bonds is 6.